The molecule has 1 aliphatic rings. The predicted octanol–water partition coefficient (Wildman–Crippen LogP) is 4.58. The number of carbonyl (C=O) groups excluding carboxylic acids is 3. The van der Waals surface area contributed by atoms with Crippen molar-refractivity contribution >= 4 is 23.4 Å². The molecule has 0 radical (unpaired) electrons. The van der Waals surface area contributed by atoms with Crippen molar-refractivity contribution in [1.82, 2.24) is 9.88 Å². The van der Waals surface area contributed by atoms with E-state index >= 15 is 0 Å². The zero-order valence-corrected chi connectivity index (χ0v) is 19.6. The first kappa shape index (κ1) is 23.9. The quantitative estimate of drug-likeness (QED) is 0.235. The topological polar surface area (TPSA) is 96.8 Å². The molecule has 35 heavy (non-hydrogen) atoms. The van der Waals surface area contributed by atoms with Crippen LogP contribution in [0.4, 0.5) is 0 Å². The third-order valence-electron chi connectivity index (χ3n) is 5.84. The number of hydrogen-bond acceptors (Lipinski definition) is 6. The minimum absolute atomic E-state index is 0.0200. The number of amides is 1. The molecule has 0 spiro atoms. The van der Waals surface area contributed by atoms with Gasteiger partial charge in [0, 0.05) is 24.5 Å². The van der Waals surface area contributed by atoms with Gasteiger partial charge in [0.2, 0.25) is 0 Å². The van der Waals surface area contributed by atoms with E-state index in [1.54, 1.807) is 60.9 Å². The maximum absolute atomic E-state index is 13.1. The molecule has 2 heterocycles. The van der Waals surface area contributed by atoms with Gasteiger partial charge in [-0.05, 0) is 42.7 Å². The average Bonchev–Trinajstić information content (AvgIpc) is 3.13. The maximum atomic E-state index is 13.1. The highest BCUT2D eigenvalue weighted by molar-refractivity contribution is 6.46. The van der Waals surface area contributed by atoms with E-state index in [1.807, 2.05) is 26.0 Å². The molecule has 1 N–H and O–H groups in total. The lowest BCUT2D eigenvalue weighted by atomic mass is 9.96. The summed E-state index contributed by atoms with van der Waals surface area (Å²) in [6.45, 7) is 4.30. The van der Waals surface area contributed by atoms with Crippen molar-refractivity contribution < 1.29 is 24.2 Å². The number of benzene rings is 2. The van der Waals surface area contributed by atoms with Crippen LogP contribution in [0.1, 0.15) is 52.0 Å². The first-order valence-electron chi connectivity index (χ1n) is 11.4. The Labute approximate surface area is 203 Å². The summed E-state index contributed by atoms with van der Waals surface area (Å²) in [5.74, 6) is -2.10. The van der Waals surface area contributed by atoms with Crippen molar-refractivity contribution in [2.45, 2.75) is 32.9 Å². The number of esters is 1. The maximum Gasteiger partial charge on any atom is 0.338 e. The summed E-state index contributed by atoms with van der Waals surface area (Å²) in [4.78, 5) is 43.9. The number of aliphatic hydroxyl groups is 1. The van der Waals surface area contributed by atoms with Gasteiger partial charge in [0.05, 0.1) is 23.8 Å². The number of ketones is 1. The molecule has 178 valence electrons. The Kier molecular flexibility index (Phi) is 7.06. The van der Waals surface area contributed by atoms with Crippen molar-refractivity contribution in [3.8, 4) is 0 Å². The number of aryl methyl sites for hydroxylation is 1. The van der Waals surface area contributed by atoms with Gasteiger partial charge in [-0.15, -0.1) is 0 Å². The Morgan fingerprint density at radius 3 is 2.34 bits per heavy atom. The van der Waals surface area contributed by atoms with E-state index in [0.29, 0.717) is 23.3 Å². The minimum atomic E-state index is -0.806. The molecule has 1 atom stereocenters. The monoisotopic (exact) mass is 470 g/mol. The summed E-state index contributed by atoms with van der Waals surface area (Å²) in [6, 6.07) is 16.5. The molecule has 0 bridgehead atoms. The molecule has 1 aliphatic heterocycles. The zero-order valence-electron chi connectivity index (χ0n) is 19.6. The molecule has 7 nitrogen and oxygen atoms in total. The molecule has 1 saturated heterocycles. The van der Waals surface area contributed by atoms with Gasteiger partial charge in [0.15, 0.2) is 0 Å². The summed E-state index contributed by atoms with van der Waals surface area (Å²) in [7, 11) is 0. The normalized spacial score (nSPS) is 17.0. The van der Waals surface area contributed by atoms with E-state index in [1.165, 1.54) is 4.90 Å². The largest absolute Gasteiger partial charge is 0.507 e. The van der Waals surface area contributed by atoms with Gasteiger partial charge in [-0.2, -0.15) is 0 Å². The van der Waals surface area contributed by atoms with Crippen LogP contribution in [0, 0.1) is 6.92 Å². The van der Waals surface area contributed by atoms with Gasteiger partial charge in [-0.1, -0.05) is 55.0 Å². The fraction of sp³-hybridized carbons (Fsp3) is 0.214. The van der Waals surface area contributed by atoms with Crippen molar-refractivity contribution in [3.05, 3.63) is 106 Å². The van der Waals surface area contributed by atoms with Gasteiger partial charge in [-0.3, -0.25) is 14.6 Å². The predicted molar refractivity (Wildman–Crippen MR) is 130 cm³/mol. The van der Waals surface area contributed by atoms with Crippen LogP contribution >= 0.6 is 0 Å². The van der Waals surface area contributed by atoms with Crippen LogP contribution in [0.25, 0.3) is 5.76 Å². The van der Waals surface area contributed by atoms with Gasteiger partial charge < -0.3 is 14.7 Å². The molecular formula is C28H26N2O5. The lowest BCUT2D eigenvalue weighted by molar-refractivity contribution is -0.140. The number of Topliss-reactive ketones (excluding diaryl/α,β-unsaturated/α-hetero) is 1. The Balaban J connectivity index is 1.70. The van der Waals surface area contributed by atoms with E-state index in [9.17, 15) is 19.5 Å². The molecule has 1 unspecified atom stereocenters. The summed E-state index contributed by atoms with van der Waals surface area (Å²) in [5, 5.41) is 11.1. The highest BCUT2D eigenvalue weighted by atomic mass is 16.5. The van der Waals surface area contributed by atoms with Crippen molar-refractivity contribution in [2.75, 3.05) is 6.61 Å². The van der Waals surface area contributed by atoms with Crippen LogP contribution in [0.5, 0.6) is 0 Å². The molecule has 2 aromatic carbocycles. The fourth-order valence-corrected chi connectivity index (χ4v) is 4.02. The lowest BCUT2D eigenvalue weighted by Crippen LogP contribution is -2.29. The molecule has 3 aromatic rings. The lowest BCUT2D eigenvalue weighted by Gasteiger charge is -2.25. The van der Waals surface area contributed by atoms with Crippen LogP contribution in [-0.2, 0) is 20.9 Å². The van der Waals surface area contributed by atoms with Gasteiger partial charge in [0.1, 0.15) is 5.76 Å². The van der Waals surface area contributed by atoms with Crippen LogP contribution in [-0.4, -0.2) is 39.3 Å². The molecule has 7 heteroatoms. The number of rotatable bonds is 7. The number of carbonyl (C=O) groups is 3. The van der Waals surface area contributed by atoms with E-state index in [2.05, 4.69) is 4.98 Å². The number of nitrogens with zero attached hydrogens (tertiary/aromatic N) is 2. The van der Waals surface area contributed by atoms with E-state index in [4.69, 9.17) is 4.74 Å². The van der Waals surface area contributed by atoms with Crippen molar-refractivity contribution in [2.24, 2.45) is 0 Å². The van der Waals surface area contributed by atoms with E-state index < -0.39 is 23.7 Å². The number of hydrogen-bond donors (Lipinski definition) is 1. The Hall–Kier alpha value is -4.26. The van der Waals surface area contributed by atoms with E-state index in [0.717, 1.165) is 17.5 Å². The standard InChI is InChI=1S/C28H26N2O5/c1-3-15-35-28(34)21-12-8-19(9-13-21)17-30-24(22-5-4-14-29-16-22)23(26(32)27(30)33)25(31)20-10-6-18(2)7-11-20/h4-14,16,24,31H,3,15,17H2,1-2H3/b25-23+. The molecule has 4 rings (SSSR count). The smallest absolute Gasteiger partial charge is 0.338 e. The highest BCUT2D eigenvalue weighted by Crippen LogP contribution is 2.40. The third-order valence-corrected chi connectivity index (χ3v) is 5.84. The number of aromatic nitrogens is 1. The number of likely N-dealkylation sites (tertiary alicyclic amines) is 1. The zero-order chi connectivity index (χ0) is 24.9. The molecular weight excluding hydrogens is 444 g/mol. The number of ether oxygens (including phenoxy) is 1. The third kappa shape index (κ3) is 4.99. The minimum Gasteiger partial charge on any atom is -0.507 e. The van der Waals surface area contributed by atoms with Gasteiger partial charge in [0.25, 0.3) is 11.7 Å². The summed E-state index contributed by atoms with van der Waals surface area (Å²) < 4.78 is 5.16. The summed E-state index contributed by atoms with van der Waals surface area (Å²) in [5.41, 5.74) is 3.23. The van der Waals surface area contributed by atoms with E-state index in [-0.39, 0.29) is 17.9 Å². The second kappa shape index (κ2) is 10.3. The van der Waals surface area contributed by atoms with Crippen molar-refractivity contribution in [3.63, 3.8) is 0 Å². The van der Waals surface area contributed by atoms with Crippen molar-refractivity contribution in [1.29, 1.82) is 0 Å². The molecule has 1 aromatic heterocycles. The SMILES string of the molecule is CCCOC(=O)c1ccc(CN2C(=O)C(=O)/C(=C(/O)c3ccc(C)cc3)C2c2cccnc2)cc1. The second-order valence-corrected chi connectivity index (χ2v) is 8.41. The number of aliphatic hydroxyl groups excluding tert-OH is 1. The molecule has 1 amide bonds. The molecule has 0 saturated carbocycles. The first-order chi connectivity index (χ1) is 16.9. The van der Waals surface area contributed by atoms with Crippen LogP contribution in [0.2, 0.25) is 0 Å². The summed E-state index contributed by atoms with van der Waals surface area (Å²) >= 11 is 0. The van der Waals surface area contributed by atoms with Crippen LogP contribution in [0.3, 0.4) is 0 Å². The fourth-order valence-electron chi connectivity index (χ4n) is 4.02. The molecule has 0 aliphatic carbocycles. The average molecular weight is 471 g/mol. The van der Waals surface area contributed by atoms with Crippen LogP contribution in [0.15, 0.2) is 78.6 Å². The Morgan fingerprint density at radius 1 is 1.03 bits per heavy atom. The number of pyridine rings is 1. The Morgan fingerprint density at radius 2 is 1.71 bits per heavy atom. The van der Waals surface area contributed by atoms with Crippen LogP contribution < -0.4 is 0 Å². The Bertz CT molecular complexity index is 1260. The first-order valence-corrected chi connectivity index (χ1v) is 11.4. The van der Waals surface area contributed by atoms with Gasteiger partial charge in [-0.25, -0.2) is 4.79 Å². The highest BCUT2D eigenvalue weighted by Gasteiger charge is 2.46. The van der Waals surface area contributed by atoms with Gasteiger partial charge >= 0.3 is 5.97 Å². The molecule has 1 fully saturated rings. The summed E-state index contributed by atoms with van der Waals surface area (Å²) in [6.07, 6.45) is 3.92. The second-order valence-electron chi connectivity index (χ2n) is 8.41.